The van der Waals surface area contributed by atoms with Crippen molar-refractivity contribution in [1.82, 2.24) is 15.1 Å². The van der Waals surface area contributed by atoms with Gasteiger partial charge in [-0.15, -0.1) is 10.2 Å². The summed E-state index contributed by atoms with van der Waals surface area (Å²) in [5.41, 5.74) is 2.78. The fourth-order valence-electron chi connectivity index (χ4n) is 3.25. The number of carbonyl (C=O) groups excluding carboxylic acids is 1. The van der Waals surface area contributed by atoms with Gasteiger partial charge in [-0.25, -0.2) is 0 Å². The van der Waals surface area contributed by atoms with Crippen molar-refractivity contribution in [3.63, 3.8) is 0 Å². The number of nitrogens with one attached hydrogen (secondary N) is 1. The maximum atomic E-state index is 12.5. The van der Waals surface area contributed by atoms with Crippen LogP contribution in [-0.4, -0.2) is 41.2 Å². The molecule has 2 aromatic carbocycles. The Morgan fingerprint density at radius 3 is 2.46 bits per heavy atom. The predicted octanol–water partition coefficient (Wildman–Crippen LogP) is 4.06. The molecule has 3 aromatic rings. The van der Waals surface area contributed by atoms with Crippen molar-refractivity contribution in [2.45, 2.75) is 19.4 Å². The second-order valence-corrected chi connectivity index (χ2v) is 7.75. The highest BCUT2D eigenvalue weighted by Gasteiger charge is 2.14. The zero-order valence-corrected chi connectivity index (χ0v) is 16.5. The molecular weight excluding hydrogens is 372 g/mol. The molecule has 6 nitrogen and oxygen atoms in total. The van der Waals surface area contributed by atoms with Crippen LogP contribution in [-0.2, 0) is 6.54 Å². The molecule has 1 aromatic heterocycles. The quantitative estimate of drug-likeness (QED) is 0.683. The van der Waals surface area contributed by atoms with E-state index in [-0.39, 0.29) is 5.91 Å². The number of ether oxygens (including phenoxy) is 1. The second-order valence-electron chi connectivity index (χ2n) is 6.78. The monoisotopic (exact) mass is 394 g/mol. The zero-order chi connectivity index (χ0) is 19.3. The van der Waals surface area contributed by atoms with E-state index in [1.165, 1.54) is 29.7 Å². The lowest BCUT2D eigenvalue weighted by atomic mass is 10.1. The Kier molecular flexibility index (Phi) is 5.64. The maximum Gasteiger partial charge on any atom is 0.257 e. The molecule has 2 heterocycles. The highest BCUT2D eigenvalue weighted by atomic mass is 32.1. The molecule has 4 rings (SSSR count). The normalized spacial score (nSPS) is 14.2. The van der Waals surface area contributed by atoms with Gasteiger partial charge in [0.1, 0.15) is 10.8 Å². The van der Waals surface area contributed by atoms with Crippen LogP contribution >= 0.6 is 11.3 Å². The number of anilines is 1. The number of aromatic nitrogens is 2. The van der Waals surface area contributed by atoms with E-state index in [2.05, 4.69) is 20.4 Å². The third-order valence-corrected chi connectivity index (χ3v) is 5.69. The van der Waals surface area contributed by atoms with E-state index in [4.69, 9.17) is 4.74 Å². The number of hydrogen-bond donors (Lipinski definition) is 1. The van der Waals surface area contributed by atoms with Gasteiger partial charge in [-0.05, 0) is 67.9 Å². The summed E-state index contributed by atoms with van der Waals surface area (Å²) in [5, 5.41) is 12.3. The van der Waals surface area contributed by atoms with Gasteiger partial charge in [0.25, 0.3) is 5.91 Å². The van der Waals surface area contributed by atoms with Gasteiger partial charge in [-0.1, -0.05) is 23.5 Å². The summed E-state index contributed by atoms with van der Waals surface area (Å²) in [7, 11) is 1.63. The highest BCUT2D eigenvalue weighted by Crippen LogP contribution is 2.28. The van der Waals surface area contributed by atoms with Crippen LogP contribution in [0.1, 0.15) is 28.8 Å². The molecule has 28 heavy (non-hydrogen) atoms. The molecule has 0 saturated carbocycles. The topological polar surface area (TPSA) is 67.4 Å². The molecule has 1 saturated heterocycles. The van der Waals surface area contributed by atoms with Gasteiger partial charge < -0.3 is 4.74 Å². The molecule has 7 heteroatoms. The lowest BCUT2D eigenvalue weighted by Gasteiger charge is -2.14. The molecular formula is C21H22N4O2S. The summed E-state index contributed by atoms with van der Waals surface area (Å²) in [5.74, 6) is 0.611. The minimum absolute atomic E-state index is 0.176. The van der Waals surface area contributed by atoms with Crippen LogP contribution in [0.2, 0.25) is 0 Å². The van der Waals surface area contributed by atoms with E-state index >= 15 is 0 Å². The Hall–Kier alpha value is -2.77. The molecule has 0 aliphatic carbocycles. The van der Waals surface area contributed by atoms with Crippen molar-refractivity contribution in [3.05, 3.63) is 59.7 Å². The number of amides is 1. The van der Waals surface area contributed by atoms with E-state index in [0.717, 1.165) is 36.0 Å². The van der Waals surface area contributed by atoms with Gasteiger partial charge in [0.15, 0.2) is 0 Å². The van der Waals surface area contributed by atoms with Crippen LogP contribution in [0.4, 0.5) is 5.13 Å². The van der Waals surface area contributed by atoms with Crippen LogP contribution in [0.15, 0.2) is 48.5 Å². The van der Waals surface area contributed by atoms with Crippen LogP contribution < -0.4 is 10.1 Å². The van der Waals surface area contributed by atoms with Crippen LogP contribution in [0, 0.1) is 0 Å². The first-order valence-electron chi connectivity index (χ1n) is 9.32. The summed E-state index contributed by atoms with van der Waals surface area (Å²) in [6, 6.07) is 15.4. The van der Waals surface area contributed by atoms with E-state index in [0.29, 0.717) is 10.7 Å². The minimum Gasteiger partial charge on any atom is -0.497 e. The van der Waals surface area contributed by atoms with E-state index in [1.807, 2.05) is 48.5 Å². The Balaban J connectivity index is 1.38. The molecule has 1 fully saturated rings. The smallest absolute Gasteiger partial charge is 0.257 e. The first-order chi connectivity index (χ1) is 13.7. The number of benzene rings is 2. The summed E-state index contributed by atoms with van der Waals surface area (Å²) >= 11 is 1.35. The molecule has 1 N–H and O–H groups in total. The number of hydrogen-bond acceptors (Lipinski definition) is 6. The Morgan fingerprint density at radius 2 is 1.79 bits per heavy atom. The molecule has 144 valence electrons. The van der Waals surface area contributed by atoms with Crippen molar-refractivity contribution in [2.24, 2.45) is 0 Å². The molecule has 0 unspecified atom stereocenters. The van der Waals surface area contributed by atoms with Gasteiger partial charge in [-0.3, -0.25) is 15.0 Å². The lowest BCUT2D eigenvalue weighted by molar-refractivity contribution is 0.102. The molecule has 0 spiro atoms. The van der Waals surface area contributed by atoms with Crippen molar-refractivity contribution in [3.8, 4) is 16.3 Å². The maximum absolute atomic E-state index is 12.5. The van der Waals surface area contributed by atoms with Gasteiger partial charge >= 0.3 is 0 Å². The summed E-state index contributed by atoms with van der Waals surface area (Å²) in [6.45, 7) is 3.27. The van der Waals surface area contributed by atoms with Crippen molar-refractivity contribution in [1.29, 1.82) is 0 Å². The van der Waals surface area contributed by atoms with E-state index in [9.17, 15) is 4.79 Å². The van der Waals surface area contributed by atoms with Crippen LogP contribution in [0.25, 0.3) is 10.6 Å². The first kappa shape index (κ1) is 18.6. The lowest BCUT2D eigenvalue weighted by Crippen LogP contribution is -2.18. The minimum atomic E-state index is -0.176. The Labute approximate surface area is 168 Å². The molecule has 0 atom stereocenters. The fraction of sp³-hybridized carbons (Fsp3) is 0.286. The Morgan fingerprint density at radius 1 is 1.07 bits per heavy atom. The molecule has 1 amide bonds. The SMILES string of the molecule is COc1ccc(-c2nnc(NC(=O)c3ccc(CN4CCCC4)cc3)s2)cc1. The third kappa shape index (κ3) is 4.37. The van der Waals surface area contributed by atoms with Gasteiger partial charge in [0, 0.05) is 17.7 Å². The molecule has 0 radical (unpaired) electrons. The number of methoxy groups -OCH3 is 1. The van der Waals surface area contributed by atoms with Crippen LogP contribution in [0.3, 0.4) is 0 Å². The first-order valence-corrected chi connectivity index (χ1v) is 10.1. The largest absolute Gasteiger partial charge is 0.497 e. The van der Waals surface area contributed by atoms with E-state index in [1.54, 1.807) is 7.11 Å². The molecule has 0 bridgehead atoms. The summed E-state index contributed by atoms with van der Waals surface area (Å²) in [6.07, 6.45) is 2.56. The third-order valence-electron chi connectivity index (χ3n) is 4.80. The zero-order valence-electron chi connectivity index (χ0n) is 15.7. The number of rotatable bonds is 6. The average molecular weight is 395 g/mol. The predicted molar refractivity (Wildman–Crippen MR) is 111 cm³/mol. The Bertz CT molecular complexity index is 932. The van der Waals surface area contributed by atoms with Gasteiger partial charge in [0.2, 0.25) is 5.13 Å². The molecule has 1 aliphatic heterocycles. The number of nitrogens with zero attached hydrogens (tertiary/aromatic N) is 3. The number of likely N-dealkylation sites (tertiary alicyclic amines) is 1. The van der Waals surface area contributed by atoms with Crippen LogP contribution in [0.5, 0.6) is 5.75 Å². The summed E-state index contributed by atoms with van der Waals surface area (Å²) in [4.78, 5) is 14.9. The standard InChI is InChI=1S/C21H22N4O2S/c1-27-18-10-8-17(9-11-18)20-23-24-21(28-20)22-19(26)16-6-4-15(5-7-16)14-25-12-2-3-13-25/h4-11H,2-3,12-14H2,1H3,(H,22,24,26). The van der Waals surface area contributed by atoms with E-state index < -0.39 is 0 Å². The van der Waals surface area contributed by atoms with Gasteiger partial charge in [0.05, 0.1) is 7.11 Å². The van der Waals surface area contributed by atoms with Crippen molar-refractivity contribution in [2.75, 3.05) is 25.5 Å². The average Bonchev–Trinajstić information content (AvgIpc) is 3.41. The fourth-order valence-corrected chi connectivity index (χ4v) is 4.00. The van der Waals surface area contributed by atoms with Crippen molar-refractivity contribution >= 4 is 22.4 Å². The highest BCUT2D eigenvalue weighted by molar-refractivity contribution is 7.18. The molecule has 1 aliphatic rings. The van der Waals surface area contributed by atoms with Gasteiger partial charge in [-0.2, -0.15) is 0 Å². The summed E-state index contributed by atoms with van der Waals surface area (Å²) < 4.78 is 5.16. The second kappa shape index (κ2) is 8.50. The number of carbonyl (C=O) groups is 1. The van der Waals surface area contributed by atoms with Crippen molar-refractivity contribution < 1.29 is 9.53 Å².